The van der Waals surface area contributed by atoms with Crippen LogP contribution in [-0.2, 0) is 6.42 Å². The Bertz CT molecular complexity index is 705. The summed E-state index contributed by atoms with van der Waals surface area (Å²) in [5.41, 5.74) is 7.80. The molecule has 0 unspecified atom stereocenters. The molecule has 0 aliphatic heterocycles. The molecule has 0 aliphatic rings. The second-order valence-electron chi connectivity index (χ2n) is 4.04. The molecule has 0 spiro atoms. The number of halogens is 1. The highest BCUT2D eigenvalue weighted by Crippen LogP contribution is 2.14. The summed E-state index contributed by atoms with van der Waals surface area (Å²) < 4.78 is 15.1. The molecule has 18 heavy (non-hydrogen) atoms. The number of rotatable bonds is 2. The number of hydrogen-bond donors (Lipinski definition) is 1. The Balaban J connectivity index is 2.01. The molecule has 2 N–H and O–H groups in total. The van der Waals surface area contributed by atoms with Crippen molar-refractivity contribution in [1.29, 1.82) is 0 Å². The fraction of sp³-hybridized carbons (Fsp3) is 0.0769. The fourth-order valence-corrected chi connectivity index (χ4v) is 1.88. The van der Waals surface area contributed by atoms with Crippen molar-refractivity contribution in [3.63, 3.8) is 0 Å². The Morgan fingerprint density at radius 3 is 2.83 bits per heavy atom. The van der Waals surface area contributed by atoms with Gasteiger partial charge in [-0.05, 0) is 17.7 Å². The first kappa shape index (κ1) is 10.7. The van der Waals surface area contributed by atoms with E-state index in [1.54, 1.807) is 35.0 Å². The van der Waals surface area contributed by atoms with E-state index in [1.165, 1.54) is 6.07 Å². The summed E-state index contributed by atoms with van der Waals surface area (Å²) in [6.45, 7) is 0. The van der Waals surface area contributed by atoms with E-state index in [2.05, 4.69) is 10.1 Å². The van der Waals surface area contributed by atoms with Crippen LogP contribution in [0.4, 0.5) is 10.2 Å². The summed E-state index contributed by atoms with van der Waals surface area (Å²) in [5, 5.41) is 4.31. The van der Waals surface area contributed by atoms with Crippen LogP contribution in [0.2, 0.25) is 0 Å². The van der Waals surface area contributed by atoms with Gasteiger partial charge in [0.15, 0.2) is 5.65 Å². The highest BCUT2D eigenvalue weighted by Gasteiger charge is 2.08. The predicted molar refractivity (Wildman–Crippen MR) is 66.6 cm³/mol. The van der Waals surface area contributed by atoms with Crippen molar-refractivity contribution in [3.05, 3.63) is 59.7 Å². The van der Waals surface area contributed by atoms with Crippen LogP contribution in [-0.4, -0.2) is 14.6 Å². The highest BCUT2D eigenvalue weighted by molar-refractivity contribution is 5.46. The average molecular weight is 242 g/mol. The maximum absolute atomic E-state index is 13.5. The van der Waals surface area contributed by atoms with E-state index >= 15 is 0 Å². The Morgan fingerprint density at radius 2 is 2.06 bits per heavy atom. The van der Waals surface area contributed by atoms with E-state index < -0.39 is 0 Å². The minimum atomic E-state index is -0.226. The van der Waals surface area contributed by atoms with Crippen molar-refractivity contribution in [3.8, 4) is 0 Å². The number of hydrogen-bond acceptors (Lipinski definition) is 3. The lowest BCUT2D eigenvalue weighted by atomic mass is 10.1. The summed E-state index contributed by atoms with van der Waals surface area (Å²) in [4.78, 5) is 4.15. The van der Waals surface area contributed by atoms with Gasteiger partial charge in [-0.25, -0.2) is 9.37 Å². The summed E-state index contributed by atoms with van der Waals surface area (Å²) in [5.74, 6) is 0.287. The highest BCUT2D eigenvalue weighted by atomic mass is 19.1. The number of aromatic nitrogens is 3. The van der Waals surface area contributed by atoms with Crippen LogP contribution in [0, 0.1) is 5.82 Å². The van der Waals surface area contributed by atoms with Crippen LogP contribution >= 0.6 is 0 Å². The Morgan fingerprint density at radius 1 is 1.22 bits per heavy atom. The molecular formula is C13H11FN4. The third kappa shape index (κ3) is 1.79. The predicted octanol–water partition coefficient (Wildman–Crippen LogP) is 2.04. The van der Waals surface area contributed by atoms with E-state index in [4.69, 9.17) is 5.73 Å². The third-order valence-electron chi connectivity index (χ3n) is 2.77. The van der Waals surface area contributed by atoms with Crippen molar-refractivity contribution < 1.29 is 4.39 Å². The fourth-order valence-electron chi connectivity index (χ4n) is 1.88. The average Bonchev–Trinajstić information content (AvgIpc) is 2.76. The first-order chi connectivity index (χ1) is 8.74. The molecule has 2 aromatic heterocycles. The molecule has 2 heterocycles. The molecule has 0 atom stereocenters. The van der Waals surface area contributed by atoms with Gasteiger partial charge in [-0.15, -0.1) is 0 Å². The molecule has 1 aromatic carbocycles. The number of anilines is 1. The number of nitrogens with two attached hydrogens (primary N) is 1. The molecule has 0 saturated heterocycles. The monoisotopic (exact) mass is 242 g/mol. The topological polar surface area (TPSA) is 56.2 Å². The quantitative estimate of drug-likeness (QED) is 0.748. The number of fused-ring (bicyclic) bond motifs is 1. The van der Waals surface area contributed by atoms with E-state index in [0.717, 1.165) is 5.69 Å². The molecule has 0 bridgehead atoms. The van der Waals surface area contributed by atoms with Crippen LogP contribution in [0.25, 0.3) is 5.65 Å². The molecule has 90 valence electrons. The zero-order chi connectivity index (χ0) is 12.5. The van der Waals surface area contributed by atoms with E-state index in [1.807, 2.05) is 6.07 Å². The third-order valence-corrected chi connectivity index (χ3v) is 2.77. The lowest BCUT2D eigenvalue weighted by molar-refractivity contribution is 0.613. The van der Waals surface area contributed by atoms with Gasteiger partial charge in [0.1, 0.15) is 11.6 Å². The molecular weight excluding hydrogens is 231 g/mol. The Labute approximate surface area is 103 Å². The second kappa shape index (κ2) is 4.10. The number of nitrogens with zero attached hydrogens (tertiary/aromatic N) is 3. The van der Waals surface area contributed by atoms with Crippen molar-refractivity contribution in [1.82, 2.24) is 14.6 Å². The van der Waals surface area contributed by atoms with Gasteiger partial charge in [0.25, 0.3) is 0 Å². The van der Waals surface area contributed by atoms with Gasteiger partial charge in [0, 0.05) is 18.7 Å². The number of benzene rings is 1. The van der Waals surface area contributed by atoms with Crippen molar-refractivity contribution in [2.75, 3.05) is 5.73 Å². The Kier molecular flexibility index (Phi) is 2.44. The first-order valence-electron chi connectivity index (χ1n) is 5.56. The van der Waals surface area contributed by atoms with E-state index in [0.29, 0.717) is 23.4 Å². The summed E-state index contributed by atoms with van der Waals surface area (Å²) in [7, 11) is 0. The zero-order valence-electron chi connectivity index (χ0n) is 9.55. The second-order valence-corrected chi connectivity index (χ2v) is 4.04. The normalized spacial score (nSPS) is 10.9. The van der Waals surface area contributed by atoms with Crippen molar-refractivity contribution in [2.45, 2.75) is 6.42 Å². The van der Waals surface area contributed by atoms with Gasteiger partial charge in [-0.3, -0.25) is 0 Å². The van der Waals surface area contributed by atoms with E-state index in [-0.39, 0.29) is 5.82 Å². The first-order valence-corrected chi connectivity index (χ1v) is 5.56. The molecule has 3 aromatic rings. The van der Waals surface area contributed by atoms with Crippen molar-refractivity contribution >= 4 is 11.5 Å². The molecule has 0 saturated carbocycles. The van der Waals surface area contributed by atoms with E-state index in [9.17, 15) is 4.39 Å². The maximum Gasteiger partial charge on any atom is 0.157 e. The van der Waals surface area contributed by atoms with Crippen LogP contribution in [0.5, 0.6) is 0 Å². The minimum Gasteiger partial charge on any atom is -0.384 e. The standard InChI is InChI=1S/C13H11FN4/c14-11-4-2-1-3-9(11)7-10-8-13-16-6-5-12(15)18(13)17-10/h1-6,8H,7,15H2. The Hall–Kier alpha value is -2.43. The van der Waals surface area contributed by atoms with Gasteiger partial charge in [0.05, 0.1) is 5.69 Å². The van der Waals surface area contributed by atoms with Gasteiger partial charge < -0.3 is 5.73 Å². The molecule has 5 heteroatoms. The van der Waals surface area contributed by atoms with Crippen molar-refractivity contribution in [2.24, 2.45) is 0 Å². The summed E-state index contributed by atoms with van der Waals surface area (Å²) in [6.07, 6.45) is 2.05. The maximum atomic E-state index is 13.5. The van der Waals surface area contributed by atoms with Gasteiger partial charge in [-0.1, -0.05) is 18.2 Å². The summed E-state index contributed by atoms with van der Waals surface area (Å²) >= 11 is 0. The SMILES string of the molecule is Nc1ccnc2cc(Cc3ccccc3F)nn12. The molecule has 0 amide bonds. The summed E-state index contributed by atoms with van der Waals surface area (Å²) in [6, 6.07) is 10.1. The van der Waals surface area contributed by atoms with Gasteiger partial charge in [-0.2, -0.15) is 9.61 Å². The molecule has 4 nitrogen and oxygen atoms in total. The number of nitrogen functional groups attached to an aromatic ring is 1. The van der Waals surface area contributed by atoms with Crippen LogP contribution in [0.3, 0.4) is 0 Å². The minimum absolute atomic E-state index is 0.226. The molecule has 0 radical (unpaired) electrons. The van der Waals surface area contributed by atoms with Crippen LogP contribution < -0.4 is 5.73 Å². The van der Waals surface area contributed by atoms with Crippen LogP contribution in [0.15, 0.2) is 42.6 Å². The lowest BCUT2D eigenvalue weighted by Gasteiger charge is -1.99. The molecule has 0 aliphatic carbocycles. The zero-order valence-corrected chi connectivity index (χ0v) is 9.55. The largest absolute Gasteiger partial charge is 0.384 e. The molecule has 0 fully saturated rings. The lowest BCUT2D eigenvalue weighted by Crippen LogP contribution is -1.99. The molecule has 3 rings (SSSR count). The van der Waals surface area contributed by atoms with Crippen LogP contribution in [0.1, 0.15) is 11.3 Å². The smallest absolute Gasteiger partial charge is 0.157 e. The van der Waals surface area contributed by atoms with Gasteiger partial charge >= 0.3 is 0 Å². The van der Waals surface area contributed by atoms with Gasteiger partial charge in [0.2, 0.25) is 0 Å².